The van der Waals surface area contributed by atoms with Crippen molar-refractivity contribution in [2.75, 3.05) is 13.7 Å². The first-order valence-corrected chi connectivity index (χ1v) is 5.32. The number of rotatable bonds is 1. The molecule has 1 aliphatic carbocycles. The van der Waals surface area contributed by atoms with Crippen LogP contribution in [0.4, 0.5) is 0 Å². The molecule has 0 aromatic rings. The Labute approximate surface area is 101 Å². The maximum Gasteiger partial charge on any atom is 0.312 e. The van der Waals surface area contributed by atoms with E-state index in [-0.39, 0.29) is 6.42 Å². The Morgan fingerprint density at radius 3 is 2.61 bits per heavy atom. The molecule has 0 aromatic heterocycles. The van der Waals surface area contributed by atoms with Crippen molar-refractivity contribution >= 4 is 17.5 Å². The Balaban J connectivity index is 2.29. The van der Waals surface area contributed by atoms with Gasteiger partial charge in [0.05, 0.1) is 6.61 Å². The second-order valence-electron chi connectivity index (χ2n) is 4.50. The SMILES string of the molecule is CO[C@]12CC(=O)O[C@]13C(=O)C=CC(=O)[C@]3(O)CO2. The second-order valence-corrected chi connectivity index (χ2v) is 4.50. The summed E-state index contributed by atoms with van der Waals surface area (Å²) >= 11 is 0. The van der Waals surface area contributed by atoms with E-state index in [1.165, 1.54) is 7.11 Å². The van der Waals surface area contributed by atoms with Crippen LogP contribution in [0.1, 0.15) is 6.42 Å². The summed E-state index contributed by atoms with van der Waals surface area (Å²) < 4.78 is 15.4. The summed E-state index contributed by atoms with van der Waals surface area (Å²) in [6.07, 6.45) is 1.57. The Bertz CT molecular complexity index is 510. The molecule has 3 rings (SSSR count). The van der Waals surface area contributed by atoms with Crippen molar-refractivity contribution in [1.82, 2.24) is 0 Å². The third-order valence-corrected chi connectivity index (χ3v) is 3.75. The predicted molar refractivity (Wildman–Crippen MR) is 53.2 cm³/mol. The Kier molecular flexibility index (Phi) is 1.95. The van der Waals surface area contributed by atoms with E-state index in [0.29, 0.717) is 0 Å². The van der Waals surface area contributed by atoms with Gasteiger partial charge in [0.25, 0.3) is 5.60 Å². The van der Waals surface area contributed by atoms with E-state index in [4.69, 9.17) is 14.2 Å². The van der Waals surface area contributed by atoms with E-state index in [0.717, 1.165) is 12.2 Å². The van der Waals surface area contributed by atoms with Crippen LogP contribution < -0.4 is 0 Å². The lowest BCUT2D eigenvalue weighted by Gasteiger charge is -2.40. The molecule has 1 spiro atoms. The van der Waals surface area contributed by atoms with Crippen LogP contribution in [-0.4, -0.2) is 53.3 Å². The van der Waals surface area contributed by atoms with Gasteiger partial charge in [0.1, 0.15) is 6.42 Å². The summed E-state index contributed by atoms with van der Waals surface area (Å²) in [6.45, 7) is -0.455. The van der Waals surface area contributed by atoms with E-state index in [1.54, 1.807) is 0 Å². The van der Waals surface area contributed by atoms with Gasteiger partial charge in [-0.25, -0.2) is 0 Å². The fourth-order valence-electron chi connectivity index (χ4n) is 2.84. The lowest BCUT2D eigenvalue weighted by molar-refractivity contribution is -0.243. The highest BCUT2D eigenvalue weighted by Gasteiger charge is 2.83. The molecular weight excluding hydrogens is 244 g/mol. The predicted octanol–water partition coefficient (Wildman–Crippen LogP) is -1.52. The minimum Gasteiger partial charge on any atom is -0.441 e. The third-order valence-electron chi connectivity index (χ3n) is 3.75. The first-order chi connectivity index (χ1) is 8.42. The van der Waals surface area contributed by atoms with Gasteiger partial charge in [-0.1, -0.05) is 0 Å². The molecule has 7 nitrogen and oxygen atoms in total. The molecule has 0 aromatic carbocycles. The molecule has 3 atom stereocenters. The maximum atomic E-state index is 12.1. The van der Waals surface area contributed by atoms with Crippen molar-refractivity contribution in [3.8, 4) is 0 Å². The van der Waals surface area contributed by atoms with Gasteiger partial charge in [0.2, 0.25) is 17.2 Å². The van der Waals surface area contributed by atoms with Gasteiger partial charge in [0.15, 0.2) is 5.78 Å². The van der Waals surface area contributed by atoms with Crippen LogP contribution in [0.25, 0.3) is 0 Å². The Morgan fingerprint density at radius 1 is 1.28 bits per heavy atom. The zero-order valence-corrected chi connectivity index (χ0v) is 9.47. The van der Waals surface area contributed by atoms with Crippen molar-refractivity contribution in [3.63, 3.8) is 0 Å². The molecule has 0 bridgehead atoms. The quantitative estimate of drug-likeness (QED) is 0.567. The van der Waals surface area contributed by atoms with Crippen LogP contribution in [0, 0.1) is 0 Å². The van der Waals surface area contributed by atoms with Gasteiger partial charge >= 0.3 is 5.97 Å². The molecular formula is C11H10O7. The van der Waals surface area contributed by atoms with Crippen molar-refractivity contribution in [2.24, 2.45) is 0 Å². The fraction of sp³-hybridized carbons (Fsp3) is 0.545. The largest absolute Gasteiger partial charge is 0.441 e. The molecule has 1 N–H and O–H groups in total. The zero-order chi connectivity index (χ0) is 13.2. The zero-order valence-electron chi connectivity index (χ0n) is 9.47. The summed E-state index contributed by atoms with van der Waals surface area (Å²) in [5, 5.41) is 10.4. The number of hydrogen-bond donors (Lipinski definition) is 1. The molecule has 2 aliphatic heterocycles. The van der Waals surface area contributed by atoms with Crippen LogP contribution >= 0.6 is 0 Å². The van der Waals surface area contributed by atoms with Gasteiger partial charge in [0, 0.05) is 7.11 Å². The normalized spacial score (nSPS) is 46.0. The molecule has 0 saturated carbocycles. The molecule has 2 heterocycles. The average Bonchev–Trinajstić information content (AvgIpc) is 2.77. The molecule has 0 amide bonds. The molecule has 0 radical (unpaired) electrons. The van der Waals surface area contributed by atoms with E-state index in [9.17, 15) is 19.5 Å². The highest BCUT2D eigenvalue weighted by atomic mass is 16.8. The topological polar surface area (TPSA) is 99.1 Å². The Hall–Kier alpha value is -1.57. The van der Waals surface area contributed by atoms with Gasteiger partial charge in [-0.15, -0.1) is 0 Å². The van der Waals surface area contributed by atoms with Crippen molar-refractivity contribution < 1.29 is 33.7 Å². The minimum absolute atomic E-state index is 0.349. The highest BCUT2D eigenvalue weighted by molar-refractivity contribution is 6.17. The first-order valence-electron chi connectivity index (χ1n) is 5.32. The van der Waals surface area contributed by atoms with Crippen LogP contribution in [0.5, 0.6) is 0 Å². The molecule has 2 saturated heterocycles. The molecule has 18 heavy (non-hydrogen) atoms. The monoisotopic (exact) mass is 254 g/mol. The number of carbonyl (C=O) groups excluding carboxylic acids is 3. The summed E-state index contributed by atoms with van der Waals surface area (Å²) in [6, 6.07) is 0. The number of ketones is 2. The molecule has 2 fully saturated rings. The second kappa shape index (κ2) is 3.05. The van der Waals surface area contributed by atoms with Crippen molar-refractivity contribution in [2.45, 2.75) is 23.4 Å². The van der Waals surface area contributed by atoms with Gasteiger partial charge in [-0.2, -0.15) is 0 Å². The molecule has 96 valence electrons. The van der Waals surface area contributed by atoms with Crippen LogP contribution in [0.2, 0.25) is 0 Å². The van der Waals surface area contributed by atoms with Crippen LogP contribution in [0.15, 0.2) is 12.2 Å². The van der Waals surface area contributed by atoms with Gasteiger partial charge in [-0.3, -0.25) is 14.4 Å². The van der Waals surface area contributed by atoms with Crippen molar-refractivity contribution in [3.05, 3.63) is 12.2 Å². The lowest BCUT2D eigenvalue weighted by Crippen LogP contribution is -2.70. The number of hydrogen-bond acceptors (Lipinski definition) is 7. The lowest BCUT2D eigenvalue weighted by atomic mass is 9.71. The third kappa shape index (κ3) is 0.912. The summed E-state index contributed by atoms with van der Waals surface area (Å²) in [4.78, 5) is 35.4. The average molecular weight is 254 g/mol. The number of methoxy groups -OCH3 is 1. The summed E-state index contributed by atoms with van der Waals surface area (Å²) in [7, 11) is 1.23. The minimum atomic E-state index is -2.22. The molecule has 7 heteroatoms. The number of esters is 1. The molecule has 3 aliphatic rings. The summed E-state index contributed by atoms with van der Waals surface area (Å²) in [5.41, 5.74) is -4.35. The van der Waals surface area contributed by atoms with Gasteiger partial charge < -0.3 is 19.3 Å². The fourth-order valence-corrected chi connectivity index (χ4v) is 2.84. The smallest absolute Gasteiger partial charge is 0.312 e. The summed E-state index contributed by atoms with van der Waals surface area (Å²) in [5.74, 6) is -3.95. The van der Waals surface area contributed by atoms with E-state index in [1.807, 2.05) is 0 Å². The van der Waals surface area contributed by atoms with Crippen LogP contribution in [-0.2, 0) is 28.6 Å². The maximum absolute atomic E-state index is 12.1. The van der Waals surface area contributed by atoms with Crippen LogP contribution in [0.3, 0.4) is 0 Å². The van der Waals surface area contributed by atoms with E-state index >= 15 is 0 Å². The number of carbonyl (C=O) groups is 3. The number of aliphatic hydroxyl groups is 1. The van der Waals surface area contributed by atoms with Gasteiger partial charge in [-0.05, 0) is 12.2 Å². The Morgan fingerprint density at radius 2 is 1.94 bits per heavy atom. The first kappa shape index (κ1) is 11.5. The van der Waals surface area contributed by atoms with E-state index < -0.39 is 41.1 Å². The molecule has 0 unspecified atom stereocenters. The standard InChI is InChI=1S/C11H10O7/c1-16-10-4-8(14)18-11(10)7(13)3-2-6(12)9(11,15)5-17-10/h2-3,15H,4-5H2,1H3/t9-,10+,11+/m1/s1. The van der Waals surface area contributed by atoms with Crippen molar-refractivity contribution in [1.29, 1.82) is 0 Å². The highest BCUT2D eigenvalue weighted by Crippen LogP contribution is 2.54. The van der Waals surface area contributed by atoms with E-state index in [2.05, 4.69) is 0 Å². The number of ether oxygens (including phenoxy) is 3.